The van der Waals surface area contributed by atoms with Crippen molar-refractivity contribution in [2.75, 3.05) is 33.2 Å². The average Bonchev–Trinajstić information content (AvgIpc) is 3.34. The SMILES string of the molecule is CN(CCNC(=O)c1ccc(S(=O)(=O)N2CCCC2)s1)C1CCCCC1. The van der Waals surface area contributed by atoms with Crippen LogP contribution >= 0.6 is 11.3 Å². The minimum atomic E-state index is -3.44. The van der Waals surface area contributed by atoms with Gasteiger partial charge in [0, 0.05) is 32.2 Å². The number of rotatable bonds is 7. The van der Waals surface area contributed by atoms with Crippen molar-refractivity contribution in [1.29, 1.82) is 0 Å². The Hall–Kier alpha value is -0.960. The lowest BCUT2D eigenvalue weighted by molar-refractivity contribution is 0.0948. The molecule has 1 aromatic heterocycles. The monoisotopic (exact) mass is 399 g/mol. The lowest BCUT2D eigenvalue weighted by atomic mass is 9.94. The first-order valence-corrected chi connectivity index (χ1v) is 11.8. The summed E-state index contributed by atoms with van der Waals surface area (Å²) in [5.41, 5.74) is 0. The van der Waals surface area contributed by atoms with Crippen molar-refractivity contribution in [3.05, 3.63) is 17.0 Å². The van der Waals surface area contributed by atoms with Gasteiger partial charge in [0.25, 0.3) is 15.9 Å². The number of nitrogens with zero attached hydrogens (tertiary/aromatic N) is 2. The van der Waals surface area contributed by atoms with Crippen LogP contribution in [0.3, 0.4) is 0 Å². The molecule has 0 atom stereocenters. The Bertz CT molecular complexity index is 705. The topological polar surface area (TPSA) is 69.7 Å². The molecule has 0 aromatic carbocycles. The molecule has 2 aliphatic rings. The van der Waals surface area contributed by atoms with E-state index in [0.29, 0.717) is 30.6 Å². The number of carbonyl (C=O) groups excluding carboxylic acids is 1. The molecule has 1 N–H and O–H groups in total. The summed E-state index contributed by atoms with van der Waals surface area (Å²) in [5, 5.41) is 2.92. The molecule has 0 radical (unpaired) electrons. The Labute approximate surface area is 160 Å². The van der Waals surface area contributed by atoms with Crippen LogP contribution in [0.1, 0.15) is 54.6 Å². The van der Waals surface area contributed by atoms with Gasteiger partial charge in [-0.2, -0.15) is 4.31 Å². The summed E-state index contributed by atoms with van der Waals surface area (Å²) in [4.78, 5) is 15.1. The van der Waals surface area contributed by atoms with Crippen LogP contribution in [0.2, 0.25) is 0 Å². The Balaban J connectivity index is 1.50. The van der Waals surface area contributed by atoms with Crippen molar-refractivity contribution in [2.45, 2.75) is 55.2 Å². The summed E-state index contributed by atoms with van der Waals surface area (Å²) in [7, 11) is -1.32. The second-order valence-electron chi connectivity index (χ2n) is 7.26. The molecule has 0 spiro atoms. The Morgan fingerprint density at radius 1 is 1.19 bits per heavy atom. The third-order valence-corrected chi connectivity index (χ3v) is 8.86. The van der Waals surface area contributed by atoms with Crippen LogP contribution in [-0.2, 0) is 10.0 Å². The van der Waals surface area contributed by atoms with Crippen LogP contribution in [0.4, 0.5) is 0 Å². The second-order valence-corrected chi connectivity index (χ2v) is 10.5. The number of amides is 1. The number of hydrogen-bond acceptors (Lipinski definition) is 5. The highest BCUT2D eigenvalue weighted by atomic mass is 32.2. The van der Waals surface area contributed by atoms with Crippen LogP contribution in [0.15, 0.2) is 16.3 Å². The zero-order valence-corrected chi connectivity index (χ0v) is 17.1. The lowest BCUT2D eigenvalue weighted by Crippen LogP contribution is -2.39. The molecule has 1 saturated carbocycles. The highest BCUT2D eigenvalue weighted by Crippen LogP contribution is 2.27. The van der Waals surface area contributed by atoms with Gasteiger partial charge in [0.1, 0.15) is 4.21 Å². The largest absolute Gasteiger partial charge is 0.350 e. The fraction of sp³-hybridized carbons (Fsp3) is 0.722. The molecule has 0 unspecified atom stereocenters. The highest BCUT2D eigenvalue weighted by Gasteiger charge is 2.29. The van der Waals surface area contributed by atoms with Crippen molar-refractivity contribution >= 4 is 27.3 Å². The van der Waals surface area contributed by atoms with Gasteiger partial charge in [0.2, 0.25) is 0 Å². The number of likely N-dealkylation sites (N-methyl/N-ethyl adjacent to an activating group) is 1. The van der Waals surface area contributed by atoms with Crippen LogP contribution in [0.5, 0.6) is 0 Å². The molecular formula is C18H29N3O3S2. The predicted molar refractivity (Wildman–Crippen MR) is 104 cm³/mol. The molecule has 6 nitrogen and oxygen atoms in total. The molecule has 1 aliphatic carbocycles. The van der Waals surface area contributed by atoms with Crippen molar-refractivity contribution in [3.63, 3.8) is 0 Å². The van der Waals surface area contributed by atoms with E-state index < -0.39 is 10.0 Å². The molecule has 1 aliphatic heterocycles. The van der Waals surface area contributed by atoms with E-state index in [0.717, 1.165) is 30.7 Å². The minimum Gasteiger partial charge on any atom is -0.350 e. The molecule has 26 heavy (non-hydrogen) atoms. The first-order chi connectivity index (χ1) is 12.5. The van der Waals surface area contributed by atoms with E-state index in [4.69, 9.17) is 0 Å². The molecule has 2 heterocycles. The van der Waals surface area contributed by atoms with E-state index in [1.807, 2.05) is 0 Å². The molecule has 0 bridgehead atoms. The van der Waals surface area contributed by atoms with E-state index in [-0.39, 0.29) is 10.1 Å². The quantitative estimate of drug-likeness (QED) is 0.765. The normalized spacial score (nSPS) is 19.9. The Morgan fingerprint density at radius 3 is 2.58 bits per heavy atom. The van der Waals surface area contributed by atoms with E-state index >= 15 is 0 Å². The van der Waals surface area contributed by atoms with Crippen LogP contribution < -0.4 is 5.32 Å². The Kier molecular flexibility index (Phi) is 6.71. The van der Waals surface area contributed by atoms with Crippen molar-refractivity contribution in [2.24, 2.45) is 0 Å². The average molecular weight is 400 g/mol. The number of sulfonamides is 1. The fourth-order valence-corrected chi connectivity index (χ4v) is 6.67. The summed E-state index contributed by atoms with van der Waals surface area (Å²) in [5.74, 6) is -0.185. The number of nitrogens with one attached hydrogen (secondary N) is 1. The zero-order valence-electron chi connectivity index (χ0n) is 15.4. The van der Waals surface area contributed by atoms with Gasteiger partial charge < -0.3 is 10.2 Å². The van der Waals surface area contributed by atoms with Gasteiger partial charge in [-0.25, -0.2) is 8.42 Å². The smallest absolute Gasteiger partial charge is 0.261 e. The van der Waals surface area contributed by atoms with Crippen LogP contribution in [0, 0.1) is 0 Å². The summed E-state index contributed by atoms with van der Waals surface area (Å²) in [6.07, 6.45) is 8.23. The molecular weight excluding hydrogens is 370 g/mol. The standard InChI is InChI=1S/C18H29N3O3S2/c1-20(15-7-3-2-4-8-15)14-11-19-18(22)16-9-10-17(25-16)26(23,24)21-12-5-6-13-21/h9-10,15H,2-8,11-14H2,1H3,(H,19,22). The summed E-state index contributed by atoms with van der Waals surface area (Å²) < 4.78 is 26.9. The van der Waals surface area contributed by atoms with Crippen LogP contribution in [-0.4, -0.2) is 62.8 Å². The second kappa shape index (κ2) is 8.82. The maximum atomic E-state index is 12.5. The molecule has 2 fully saturated rings. The summed E-state index contributed by atoms with van der Waals surface area (Å²) in [6.45, 7) is 2.56. The Morgan fingerprint density at radius 2 is 1.88 bits per heavy atom. The number of hydrogen-bond donors (Lipinski definition) is 1. The molecule has 1 saturated heterocycles. The van der Waals surface area contributed by atoms with Gasteiger partial charge in [-0.3, -0.25) is 4.79 Å². The van der Waals surface area contributed by atoms with Crippen molar-refractivity contribution < 1.29 is 13.2 Å². The van der Waals surface area contributed by atoms with E-state index in [9.17, 15) is 13.2 Å². The number of carbonyl (C=O) groups is 1. The maximum Gasteiger partial charge on any atom is 0.261 e. The van der Waals surface area contributed by atoms with Gasteiger partial charge in [-0.1, -0.05) is 19.3 Å². The van der Waals surface area contributed by atoms with Crippen LogP contribution in [0.25, 0.3) is 0 Å². The fourth-order valence-electron chi connectivity index (χ4n) is 3.77. The van der Waals surface area contributed by atoms with Gasteiger partial charge >= 0.3 is 0 Å². The minimum absolute atomic E-state index is 0.185. The zero-order chi connectivity index (χ0) is 18.6. The van der Waals surface area contributed by atoms with E-state index in [1.165, 1.54) is 36.4 Å². The van der Waals surface area contributed by atoms with Gasteiger partial charge in [0.15, 0.2) is 0 Å². The molecule has 1 amide bonds. The predicted octanol–water partition coefficient (Wildman–Crippen LogP) is 2.53. The summed E-state index contributed by atoms with van der Waals surface area (Å²) >= 11 is 1.07. The lowest BCUT2D eigenvalue weighted by Gasteiger charge is -2.31. The van der Waals surface area contributed by atoms with Gasteiger partial charge in [-0.05, 0) is 44.9 Å². The summed E-state index contributed by atoms with van der Waals surface area (Å²) in [6, 6.07) is 3.80. The third-order valence-electron chi connectivity index (χ3n) is 5.41. The molecule has 146 valence electrons. The molecule has 8 heteroatoms. The highest BCUT2D eigenvalue weighted by molar-refractivity contribution is 7.91. The maximum absolute atomic E-state index is 12.5. The van der Waals surface area contributed by atoms with E-state index in [2.05, 4.69) is 17.3 Å². The molecule has 1 aromatic rings. The van der Waals surface area contributed by atoms with Crippen molar-refractivity contribution in [3.8, 4) is 0 Å². The first-order valence-electron chi connectivity index (χ1n) is 9.57. The van der Waals surface area contributed by atoms with E-state index in [1.54, 1.807) is 12.1 Å². The third kappa shape index (κ3) is 4.65. The number of thiophene rings is 1. The van der Waals surface area contributed by atoms with Gasteiger partial charge in [0.05, 0.1) is 4.88 Å². The van der Waals surface area contributed by atoms with Gasteiger partial charge in [-0.15, -0.1) is 11.3 Å². The first kappa shape index (κ1) is 19.8. The molecule has 3 rings (SSSR count). The van der Waals surface area contributed by atoms with Crippen molar-refractivity contribution in [1.82, 2.24) is 14.5 Å².